The van der Waals surface area contributed by atoms with Crippen LogP contribution < -0.4 is 10.1 Å². The number of phenols is 2. The van der Waals surface area contributed by atoms with Gasteiger partial charge < -0.3 is 54.2 Å². The lowest BCUT2D eigenvalue weighted by atomic mass is 9.78. The maximum absolute atomic E-state index is 14.7. The van der Waals surface area contributed by atoms with E-state index in [-0.39, 0.29) is 55.4 Å². The third kappa shape index (κ3) is 7.67. The Morgan fingerprint density at radius 3 is 2.17 bits per heavy atom. The molecule has 0 radical (unpaired) electrons. The molecule has 3 heterocycles. The van der Waals surface area contributed by atoms with Crippen molar-refractivity contribution in [3.8, 4) is 17.2 Å². The van der Waals surface area contributed by atoms with Gasteiger partial charge in [-0.3, -0.25) is 19.2 Å². The van der Waals surface area contributed by atoms with Crippen LogP contribution in [0.1, 0.15) is 80.4 Å². The highest BCUT2D eigenvalue weighted by atomic mass is 16.7. The Kier molecular flexibility index (Phi) is 12.7. The first kappa shape index (κ1) is 44.7. The first-order chi connectivity index (χ1) is 27.5. The van der Waals surface area contributed by atoms with Crippen molar-refractivity contribution in [3.05, 3.63) is 58.5 Å². The van der Waals surface area contributed by atoms with E-state index in [2.05, 4.69) is 5.32 Å². The standard InChI is InChI=1S/C44H57N3O12/c1-19-15-14-16-20(2)42(54)45-33-30-28(43(55)46(10)11)25(7)47(12)34(30)29-31(38(33)52)37(51)24(6)40-32(29)41(53)44(9,59-40)57-18-17-27(56-13)21(3)39(58-26(8)48)23(5)36(50)22(4)35(19)49/h14-19,21-23,27,35-36,39,49-52H,1-13H3,(H,45,54). The summed E-state index contributed by atoms with van der Waals surface area (Å²) < 4.78 is 25.5. The largest absolute Gasteiger partial charge is 0.507 e. The molecule has 9 atom stereocenters. The molecular formula is C44H57N3O12. The number of carbonyl (C=O) groups excluding carboxylic acids is 4. The number of nitrogens with zero attached hydrogens (tertiary/aromatic N) is 2. The van der Waals surface area contributed by atoms with Gasteiger partial charge in [0.05, 0.1) is 52.3 Å². The van der Waals surface area contributed by atoms with Gasteiger partial charge in [-0.25, -0.2) is 0 Å². The number of hydrogen-bond donors (Lipinski definition) is 5. The van der Waals surface area contributed by atoms with E-state index in [1.807, 2.05) is 0 Å². The molecule has 2 aliphatic rings. The molecule has 2 aliphatic heterocycles. The highest BCUT2D eigenvalue weighted by molar-refractivity contribution is 6.31. The quantitative estimate of drug-likeness (QED) is 0.163. The minimum Gasteiger partial charge on any atom is -0.507 e. The van der Waals surface area contributed by atoms with Crippen molar-refractivity contribution >= 4 is 50.9 Å². The normalized spacial score (nSPS) is 28.1. The molecule has 1 aromatic heterocycles. The summed E-state index contributed by atoms with van der Waals surface area (Å²) in [4.78, 5) is 56.2. The zero-order valence-electron chi connectivity index (χ0n) is 36.0. The number of nitrogens with one attached hydrogen (secondary N) is 1. The van der Waals surface area contributed by atoms with Crippen molar-refractivity contribution in [2.24, 2.45) is 30.7 Å². The summed E-state index contributed by atoms with van der Waals surface area (Å²) in [6.45, 7) is 14.3. The number of fused-ring (bicyclic) bond motifs is 1. The maximum Gasteiger partial charge on any atom is 0.312 e. The van der Waals surface area contributed by atoms with Crippen LogP contribution >= 0.6 is 0 Å². The Morgan fingerprint density at radius 2 is 1.58 bits per heavy atom. The third-order valence-electron chi connectivity index (χ3n) is 12.1. The van der Waals surface area contributed by atoms with Gasteiger partial charge in [0, 0.05) is 93.4 Å². The second-order valence-electron chi connectivity index (χ2n) is 16.3. The Bertz CT molecular complexity index is 2300. The Hall–Kier alpha value is -5.38. The molecule has 2 aromatic carbocycles. The van der Waals surface area contributed by atoms with Crippen LogP contribution in [0.25, 0.3) is 21.7 Å². The number of rotatable bonds is 3. The average Bonchev–Trinajstić information content (AvgIpc) is 3.60. The van der Waals surface area contributed by atoms with Gasteiger partial charge in [0.2, 0.25) is 0 Å². The zero-order valence-corrected chi connectivity index (χ0v) is 36.0. The van der Waals surface area contributed by atoms with Gasteiger partial charge >= 0.3 is 11.8 Å². The van der Waals surface area contributed by atoms with Gasteiger partial charge in [0.15, 0.2) is 5.75 Å². The van der Waals surface area contributed by atoms with E-state index >= 15 is 0 Å². The molecule has 0 aliphatic carbocycles. The van der Waals surface area contributed by atoms with Crippen molar-refractivity contribution < 1.29 is 58.6 Å². The Labute approximate surface area is 343 Å². The van der Waals surface area contributed by atoms with Crippen molar-refractivity contribution in [2.45, 2.75) is 92.5 Å². The highest BCUT2D eigenvalue weighted by Gasteiger charge is 2.50. The lowest BCUT2D eigenvalue weighted by Gasteiger charge is -2.38. The third-order valence-corrected chi connectivity index (χ3v) is 12.1. The number of aromatic nitrogens is 1. The van der Waals surface area contributed by atoms with Crippen LogP contribution in [0.4, 0.5) is 5.69 Å². The molecule has 0 spiro atoms. The van der Waals surface area contributed by atoms with E-state index < -0.39 is 88.9 Å². The van der Waals surface area contributed by atoms with E-state index in [9.17, 15) is 39.6 Å². The summed E-state index contributed by atoms with van der Waals surface area (Å²) in [5.41, 5.74) is 0.960. The minimum absolute atomic E-state index is 0.0104. The lowest BCUT2D eigenvalue weighted by molar-refractivity contribution is -0.160. The summed E-state index contributed by atoms with van der Waals surface area (Å²) in [6.07, 6.45) is 3.66. The monoisotopic (exact) mass is 819 g/mol. The number of allylic oxidation sites excluding steroid dienone is 2. The summed E-state index contributed by atoms with van der Waals surface area (Å²) in [5, 5.41) is 49.7. The number of hydrogen-bond acceptors (Lipinski definition) is 12. The molecule has 320 valence electrons. The number of ketones is 1. The summed E-state index contributed by atoms with van der Waals surface area (Å²) in [7, 11) is 6.24. The van der Waals surface area contributed by atoms with Gasteiger partial charge in [0.25, 0.3) is 17.6 Å². The van der Waals surface area contributed by atoms with Crippen LogP contribution in [-0.4, -0.2) is 105 Å². The summed E-state index contributed by atoms with van der Waals surface area (Å²) in [5.74, 6) is -7.85. The molecule has 0 fully saturated rings. The first-order valence-corrected chi connectivity index (χ1v) is 19.6. The molecule has 9 unspecified atom stereocenters. The van der Waals surface area contributed by atoms with E-state index in [1.54, 1.807) is 79.4 Å². The SMILES string of the molecule is COC1C=COC2(C)Oc3c(C)c(O)c4c(O)c(c5c(C(=O)N(C)C)c(C)n(C)c5c4c3C2=O)NC(=O)C(C)=CC=CC(C)C(O)C(C)C(O)C(C)C(OC(C)=O)C1C. The Balaban J connectivity index is 1.81. The molecule has 0 saturated heterocycles. The van der Waals surface area contributed by atoms with Crippen LogP contribution in [0.2, 0.25) is 0 Å². The number of Topliss-reactive ketones (excluding diaryl/α,β-unsaturated/α-hetero) is 1. The van der Waals surface area contributed by atoms with Crippen molar-refractivity contribution in [1.82, 2.24) is 9.47 Å². The number of phenolic OH excluding ortho intramolecular Hbond substituents is 2. The number of ether oxygens (including phenoxy) is 4. The van der Waals surface area contributed by atoms with E-state index in [0.29, 0.717) is 5.69 Å². The molecule has 15 nitrogen and oxygen atoms in total. The molecule has 4 bridgehead atoms. The number of aliphatic hydroxyl groups is 2. The molecule has 5 rings (SSSR count). The van der Waals surface area contributed by atoms with Crippen molar-refractivity contribution in [1.29, 1.82) is 0 Å². The van der Waals surface area contributed by atoms with Gasteiger partial charge in [-0.15, -0.1) is 0 Å². The second-order valence-corrected chi connectivity index (χ2v) is 16.3. The number of aromatic hydroxyl groups is 2. The summed E-state index contributed by atoms with van der Waals surface area (Å²) in [6, 6.07) is 0. The van der Waals surface area contributed by atoms with Gasteiger partial charge in [-0.05, 0) is 26.8 Å². The molecule has 0 saturated carbocycles. The molecular weight excluding hydrogens is 762 g/mol. The Morgan fingerprint density at radius 1 is 0.932 bits per heavy atom. The number of esters is 1. The van der Waals surface area contributed by atoms with E-state index in [4.69, 9.17) is 18.9 Å². The predicted molar refractivity (Wildman–Crippen MR) is 221 cm³/mol. The van der Waals surface area contributed by atoms with Crippen LogP contribution in [0.15, 0.2) is 36.1 Å². The smallest absolute Gasteiger partial charge is 0.312 e. The first-order valence-electron chi connectivity index (χ1n) is 19.6. The van der Waals surface area contributed by atoms with Gasteiger partial charge in [-0.1, -0.05) is 45.9 Å². The van der Waals surface area contributed by atoms with Crippen LogP contribution in [0.3, 0.4) is 0 Å². The van der Waals surface area contributed by atoms with Crippen LogP contribution in [-0.2, 0) is 30.8 Å². The van der Waals surface area contributed by atoms with Gasteiger partial charge in [-0.2, -0.15) is 0 Å². The lowest BCUT2D eigenvalue weighted by Crippen LogP contribution is -2.46. The predicted octanol–water partition coefficient (Wildman–Crippen LogP) is 5.55. The van der Waals surface area contributed by atoms with E-state index in [1.165, 1.54) is 51.2 Å². The molecule has 3 aromatic rings. The fourth-order valence-electron chi connectivity index (χ4n) is 8.30. The summed E-state index contributed by atoms with van der Waals surface area (Å²) >= 11 is 0. The number of carbonyl (C=O) groups is 4. The number of aryl methyl sites for hydroxylation is 1. The second kappa shape index (κ2) is 16.7. The number of anilines is 1. The van der Waals surface area contributed by atoms with Gasteiger partial charge in [0.1, 0.15) is 17.6 Å². The molecule has 59 heavy (non-hydrogen) atoms. The highest BCUT2D eigenvalue weighted by Crippen LogP contribution is 2.55. The van der Waals surface area contributed by atoms with Crippen LogP contribution in [0, 0.1) is 37.5 Å². The molecule has 2 amide bonds. The fourth-order valence-corrected chi connectivity index (χ4v) is 8.30. The van der Waals surface area contributed by atoms with Crippen molar-refractivity contribution in [3.63, 3.8) is 0 Å². The topological polar surface area (TPSA) is 206 Å². The minimum atomic E-state index is -2.01. The van der Waals surface area contributed by atoms with Crippen molar-refractivity contribution in [2.75, 3.05) is 26.5 Å². The van der Waals surface area contributed by atoms with Crippen LogP contribution in [0.5, 0.6) is 17.2 Å². The number of methoxy groups -OCH3 is 1. The number of aliphatic hydroxyl groups excluding tert-OH is 2. The molecule has 5 N–H and O–H groups in total. The maximum atomic E-state index is 14.7. The van der Waals surface area contributed by atoms with E-state index in [0.717, 1.165) is 0 Å². The molecule has 15 heteroatoms. The zero-order chi connectivity index (χ0) is 44.2. The number of benzene rings is 2. The fraction of sp³-hybridized carbons (Fsp3) is 0.500. The average molecular weight is 820 g/mol. The number of amides is 2.